The van der Waals surface area contributed by atoms with Crippen LogP contribution >= 0.6 is 0 Å². The van der Waals surface area contributed by atoms with Crippen molar-refractivity contribution in [3.63, 3.8) is 0 Å². The average Bonchev–Trinajstić information content (AvgIpc) is 2.60. The van der Waals surface area contributed by atoms with E-state index in [1.54, 1.807) is 13.1 Å². The fraction of sp³-hybridized carbons (Fsp3) is 0.714. The van der Waals surface area contributed by atoms with E-state index < -0.39 is 6.09 Å². The summed E-state index contributed by atoms with van der Waals surface area (Å²) in [4.78, 5) is 23.7. The van der Waals surface area contributed by atoms with Gasteiger partial charge in [-0.15, -0.1) is 0 Å². The van der Waals surface area contributed by atoms with Crippen LogP contribution in [-0.2, 0) is 9.53 Å². The van der Waals surface area contributed by atoms with Gasteiger partial charge in [0.1, 0.15) is 0 Å². The molecule has 0 radical (unpaired) electrons. The van der Waals surface area contributed by atoms with Crippen molar-refractivity contribution >= 4 is 11.9 Å². The predicted molar refractivity (Wildman–Crippen MR) is 67.9 cm³/mol. The largest absolute Gasteiger partial charge is 0.450 e. The molecule has 0 saturated heterocycles. The summed E-state index contributed by atoms with van der Waals surface area (Å²) in [5.74, 6) is 0.428. The Bertz CT molecular complexity index is 425. The van der Waals surface area contributed by atoms with Crippen LogP contribution in [-0.4, -0.2) is 18.5 Å². The minimum absolute atomic E-state index is 0.0216. The fourth-order valence-electron chi connectivity index (χ4n) is 3.40. The molecule has 1 N–H and O–H groups in total. The average molecular weight is 251 g/mol. The number of alkyl carbamates (subject to hydrolysis) is 1. The molecule has 100 valence electrons. The highest BCUT2D eigenvalue weighted by atomic mass is 16.5. The van der Waals surface area contributed by atoms with E-state index in [1.165, 1.54) is 0 Å². The van der Waals surface area contributed by atoms with Gasteiger partial charge in [-0.1, -0.05) is 20.8 Å². The second kappa shape index (κ2) is 4.11. The summed E-state index contributed by atoms with van der Waals surface area (Å²) in [6, 6.07) is 0. The van der Waals surface area contributed by atoms with Crippen molar-refractivity contribution in [3.8, 4) is 0 Å². The Morgan fingerprint density at radius 2 is 2.17 bits per heavy atom. The minimum atomic E-state index is -0.497. The van der Waals surface area contributed by atoms with Gasteiger partial charge in [-0.05, 0) is 31.1 Å². The van der Waals surface area contributed by atoms with Gasteiger partial charge in [-0.3, -0.25) is 10.1 Å². The predicted octanol–water partition coefficient (Wildman–Crippen LogP) is 2.64. The van der Waals surface area contributed by atoms with E-state index in [4.69, 9.17) is 4.74 Å². The number of hydrogen-bond acceptors (Lipinski definition) is 3. The monoisotopic (exact) mass is 251 g/mol. The number of ether oxygens (including phenoxy) is 1. The Morgan fingerprint density at radius 3 is 2.67 bits per heavy atom. The van der Waals surface area contributed by atoms with Crippen molar-refractivity contribution in [2.75, 3.05) is 6.61 Å². The molecule has 0 heterocycles. The highest BCUT2D eigenvalue weighted by Crippen LogP contribution is 2.65. The molecule has 2 bridgehead atoms. The summed E-state index contributed by atoms with van der Waals surface area (Å²) in [7, 11) is 0. The van der Waals surface area contributed by atoms with Gasteiger partial charge in [-0.2, -0.15) is 0 Å². The smallest absolute Gasteiger partial charge is 0.411 e. The summed E-state index contributed by atoms with van der Waals surface area (Å²) in [5, 5.41) is 2.55. The van der Waals surface area contributed by atoms with Crippen molar-refractivity contribution in [1.29, 1.82) is 0 Å². The topological polar surface area (TPSA) is 55.4 Å². The first-order chi connectivity index (χ1) is 8.34. The molecule has 0 aliphatic heterocycles. The Hall–Kier alpha value is -1.32. The van der Waals surface area contributed by atoms with Crippen molar-refractivity contribution in [2.24, 2.45) is 16.7 Å². The molecule has 2 saturated carbocycles. The standard InChI is InChI=1S/C14H21NO3/c1-5-18-12(17)15-8-9-10-6-7-14(4,11(9)16)13(10,2)3/h8,10H,5-7H2,1-4H3,(H,15,17)/b9-8+/t10-,14-/m0/s1. The van der Waals surface area contributed by atoms with Crippen molar-refractivity contribution < 1.29 is 14.3 Å². The van der Waals surface area contributed by atoms with Crippen LogP contribution < -0.4 is 5.32 Å². The maximum atomic E-state index is 12.4. The third-order valence-electron chi connectivity index (χ3n) is 4.99. The van der Waals surface area contributed by atoms with Crippen LogP contribution in [0.1, 0.15) is 40.5 Å². The van der Waals surface area contributed by atoms with E-state index in [9.17, 15) is 9.59 Å². The Balaban J connectivity index is 2.20. The lowest BCUT2D eigenvalue weighted by atomic mass is 9.70. The van der Waals surface area contributed by atoms with Gasteiger partial charge in [0, 0.05) is 17.2 Å². The Kier molecular flexibility index (Phi) is 2.99. The molecule has 2 rings (SSSR count). The number of hydrogen-bond donors (Lipinski definition) is 1. The van der Waals surface area contributed by atoms with E-state index in [0.717, 1.165) is 18.4 Å². The number of carbonyl (C=O) groups excluding carboxylic acids is 2. The first-order valence-electron chi connectivity index (χ1n) is 6.52. The van der Waals surface area contributed by atoms with Gasteiger partial charge in [0.2, 0.25) is 0 Å². The normalized spacial score (nSPS) is 35.0. The molecule has 18 heavy (non-hydrogen) atoms. The van der Waals surface area contributed by atoms with Crippen LogP contribution in [0.25, 0.3) is 0 Å². The maximum Gasteiger partial charge on any atom is 0.411 e. The number of allylic oxidation sites excluding steroid dienone is 1. The van der Waals surface area contributed by atoms with Crippen molar-refractivity contribution in [2.45, 2.75) is 40.5 Å². The molecule has 2 fully saturated rings. The lowest BCUT2D eigenvalue weighted by molar-refractivity contribution is -0.125. The van der Waals surface area contributed by atoms with E-state index >= 15 is 0 Å². The summed E-state index contributed by atoms with van der Waals surface area (Å²) in [6.45, 7) is 8.41. The zero-order valence-corrected chi connectivity index (χ0v) is 11.5. The molecule has 0 aromatic carbocycles. The van der Waals surface area contributed by atoms with Crippen LogP contribution in [0.2, 0.25) is 0 Å². The van der Waals surface area contributed by atoms with Crippen LogP contribution in [0.4, 0.5) is 4.79 Å². The maximum absolute atomic E-state index is 12.4. The zero-order valence-electron chi connectivity index (χ0n) is 11.5. The summed E-state index contributed by atoms with van der Waals surface area (Å²) >= 11 is 0. The van der Waals surface area contributed by atoms with Crippen LogP contribution in [0, 0.1) is 16.7 Å². The number of amides is 1. The number of nitrogens with one attached hydrogen (secondary N) is 1. The lowest BCUT2D eigenvalue weighted by Crippen LogP contribution is -2.32. The molecule has 2 atom stereocenters. The van der Waals surface area contributed by atoms with Crippen molar-refractivity contribution in [1.82, 2.24) is 5.32 Å². The lowest BCUT2D eigenvalue weighted by Gasteiger charge is -2.31. The SMILES string of the molecule is CCOC(=O)N/C=C1/C(=O)[C@]2(C)CC[C@@H]1C2(C)C. The fourth-order valence-corrected chi connectivity index (χ4v) is 3.40. The number of fused-ring (bicyclic) bond motifs is 2. The molecular formula is C14H21NO3. The van der Waals surface area contributed by atoms with E-state index in [0.29, 0.717) is 6.61 Å². The molecule has 1 amide bonds. The Morgan fingerprint density at radius 1 is 1.50 bits per heavy atom. The van der Waals surface area contributed by atoms with E-state index in [1.807, 2.05) is 6.92 Å². The van der Waals surface area contributed by atoms with Gasteiger partial charge < -0.3 is 4.74 Å². The molecule has 4 heteroatoms. The summed E-state index contributed by atoms with van der Waals surface area (Å²) in [6.07, 6.45) is 3.02. The van der Waals surface area contributed by atoms with Gasteiger partial charge in [0.05, 0.1) is 6.61 Å². The molecule has 2 aliphatic carbocycles. The number of carbonyl (C=O) groups is 2. The van der Waals surface area contributed by atoms with Gasteiger partial charge >= 0.3 is 6.09 Å². The van der Waals surface area contributed by atoms with Gasteiger partial charge in [0.15, 0.2) is 5.78 Å². The molecule has 0 aromatic heterocycles. The zero-order chi connectivity index (χ0) is 13.6. The van der Waals surface area contributed by atoms with E-state index in [-0.39, 0.29) is 22.5 Å². The minimum Gasteiger partial charge on any atom is -0.450 e. The van der Waals surface area contributed by atoms with Crippen molar-refractivity contribution in [3.05, 3.63) is 11.8 Å². The second-order valence-electron chi connectivity index (χ2n) is 5.94. The van der Waals surface area contributed by atoms with Crippen LogP contribution in [0.5, 0.6) is 0 Å². The highest BCUT2D eigenvalue weighted by molar-refractivity contribution is 6.04. The third-order valence-corrected chi connectivity index (χ3v) is 4.99. The molecular weight excluding hydrogens is 230 g/mol. The van der Waals surface area contributed by atoms with Crippen LogP contribution in [0.3, 0.4) is 0 Å². The number of rotatable bonds is 2. The molecule has 0 aromatic rings. The Labute approximate surface area is 108 Å². The summed E-state index contributed by atoms with van der Waals surface area (Å²) in [5.41, 5.74) is 0.452. The van der Waals surface area contributed by atoms with Crippen LogP contribution in [0.15, 0.2) is 11.8 Å². The number of Topliss-reactive ketones (excluding diaryl/α,β-unsaturated/α-hetero) is 1. The number of ketones is 1. The van der Waals surface area contributed by atoms with Gasteiger partial charge in [0.25, 0.3) is 0 Å². The first kappa shape index (κ1) is 13.1. The quantitative estimate of drug-likeness (QED) is 0.768. The molecule has 2 aliphatic rings. The molecule has 0 spiro atoms. The van der Waals surface area contributed by atoms with E-state index in [2.05, 4.69) is 19.2 Å². The van der Waals surface area contributed by atoms with Gasteiger partial charge in [-0.25, -0.2) is 4.79 Å². The molecule has 4 nitrogen and oxygen atoms in total. The highest BCUT2D eigenvalue weighted by Gasteiger charge is 2.63. The third kappa shape index (κ3) is 1.58. The first-order valence-corrected chi connectivity index (χ1v) is 6.52. The summed E-state index contributed by atoms with van der Waals surface area (Å²) < 4.78 is 4.79. The molecule has 0 unspecified atom stereocenters. The second-order valence-corrected chi connectivity index (χ2v) is 5.94.